The van der Waals surface area contributed by atoms with Gasteiger partial charge in [0, 0.05) is 6.04 Å². The van der Waals surface area contributed by atoms with Crippen LogP contribution in [0, 0.1) is 0 Å². The van der Waals surface area contributed by atoms with E-state index in [2.05, 4.69) is 5.32 Å². The molecule has 0 bridgehead atoms. The summed E-state index contributed by atoms with van der Waals surface area (Å²) in [7, 11) is 4.88. The standard InChI is InChI=1S/C13H19F2NO2S/c1-8(16-2)5-9-6-11(18-4)12(19-13(14)15)7-10(9)17-3/h6-8,13,16H,5H2,1-4H3. The first kappa shape index (κ1) is 16.0. The van der Waals surface area contributed by atoms with Crippen molar-refractivity contribution >= 4 is 11.8 Å². The summed E-state index contributed by atoms with van der Waals surface area (Å²) in [6.45, 7) is 2.04. The van der Waals surface area contributed by atoms with E-state index in [1.807, 2.05) is 14.0 Å². The molecule has 0 fully saturated rings. The van der Waals surface area contributed by atoms with Gasteiger partial charge in [0.2, 0.25) is 0 Å². The monoisotopic (exact) mass is 291 g/mol. The smallest absolute Gasteiger partial charge is 0.289 e. The van der Waals surface area contributed by atoms with Gasteiger partial charge >= 0.3 is 0 Å². The third-order valence-electron chi connectivity index (χ3n) is 2.80. The third kappa shape index (κ3) is 4.54. The van der Waals surface area contributed by atoms with Crippen LogP contribution in [0.2, 0.25) is 0 Å². The Morgan fingerprint density at radius 2 is 1.84 bits per heavy atom. The van der Waals surface area contributed by atoms with Crippen LogP contribution in [0.25, 0.3) is 0 Å². The summed E-state index contributed by atoms with van der Waals surface area (Å²) in [6.07, 6.45) is 0.732. The van der Waals surface area contributed by atoms with E-state index in [-0.39, 0.29) is 6.04 Å². The fourth-order valence-corrected chi connectivity index (χ4v) is 2.34. The summed E-state index contributed by atoms with van der Waals surface area (Å²) in [5.41, 5.74) is 0.930. The van der Waals surface area contributed by atoms with Gasteiger partial charge in [-0.25, -0.2) is 0 Å². The van der Waals surface area contributed by atoms with Gasteiger partial charge in [-0.1, -0.05) is 11.8 Å². The zero-order valence-electron chi connectivity index (χ0n) is 11.5. The van der Waals surface area contributed by atoms with E-state index in [4.69, 9.17) is 9.47 Å². The van der Waals surface area contributed by atoms with E-state index in [1.54, 1.807) is 12.1 Å². The maximum absolute atomic E-state index is 12.5. The van der Waals surface area contributed by atoms with E-state index in [0.29, 0.717) is 28.2 Å². The van der Waals surface area contributed by atoms with Gasteiger partial charge in [-0.3, -0.25) is 0 Å². The maximum atomic E-state index is 12.5. The molecule has 1 N–H and O–H groups in total. The lowest BCUT2D eigenvalue weighted by Gasteiger charge is -2.17. The molecule has 3 nitrogen and oxygen atoms in total. The summed E-state index contributed by atoms with van der Waals surface area (Å²) in [5, 5.41) is 3.13. The lowest BCUT2D eigenvalue weighted by Crippen LogP contribution is -2.23. The average molecular weight is 291 g/mol. The van der Waals surface area contributed by atoms with Crippen LogP contribution in [-0.4, -0.2) is 33.1 Å². The second-order valence-corrected chi connectivity index (χ2v) is 5.12. The number of hydrogen-bond donors (Lipinski definition) is 1. The van der Waals surface area contributed by atoms with Crippen LogP contribution in [0.1, 0.15) is 12.5 Å². The van der Waals surface area contributed by atoms with Crippen molar-refractivity contribution in [2.45, 2.75) is 30.0 Å². The molecule has 1 aromatic rings. The van der Waals surface area contributed by atoms with E-state index in [0.717, 1.165) is 12.0 Å². The number of rotatable bonds is 7. The van der Waals surface area contributed by atoms with Gasteiger partial charge in [-0.05, 0) is 38.1 Å². The van der Waals surface area contributed by atoms with Crippen LogP contribution in [0.5, 0.6) is 11.5 Å². The molecule has 0 saturated carbocycles. The van der Waals surface area contributed by atoms with E-state index >= 15 is 0 Å². The highest BCUT2D eigenvalue weighted by atomic mass is 32.2. The van der Waals surface area contributed by atoms with Crippen molar-refractivity contribution in [1.82, 2.24) is 5.32 Å². The number of alkyl halides is 2. The third-order valence-corrected chi connectivity index (χ3v) is 3.55. The number of nitrogens with one attached hydrogen (secondary N) is 1. The normalized spacial score (nSPS) is 12.6. The molecule has 6 heteroatoms. The molecule has 0 amide bonds. The number of ether oxygens (including phenoxy) is 2. The number of methoxy groups -OCH3 is 2. The molecule has 0 heterocycles. The Kier molecular flexibility index (Phi) is 6.37. The number of thioether (sulfide) groups is 1. The molecule has 19 heavy (non-hydrogen) atoms. The van der Waals surface area contributed by atoms with Gasteiger partial charge in [0.1, 0.15) is 11.5 Å². The molecule has 1 unspecified atom stereocenters. The molecule has 108 valence electrons. The van der Waals surface area contributed by atoms with Crippen molar-refractivity contribution in [2.75, 3.05) is 21.3 Å². The number of likely N-dealkylation sites (N-methyl/N-ethyl adjacent to an activating group) is 1. The zero-order chi connectivity index (χ0) is 14.4. The first-order valence-electron chi connectivity index (χ1n) is 5.88. The molecule has 1 rings (SSSR count). The predicted octanol–water partition coefficient (Wildman–Crippen LogP) is 3.17. The summed E-state index contributed by atoms with van der Waals surface area (Å²) < 4.78 is 35.4. The van der Waals surface area contributed by atoms with Crippen LogP contribution in [0.15, 0.2) is 17.0 Å². The lowest BCUT2D eigenvalue weighted by atomic mass is 10.1. The van der Waals surface area contributed by atoms with Gasteiger partial charge in [-0.15, -0.1) is 0 Å². The Balaban J connectivity index is 3.11. The number of halogens is 2. The van der Waals surface area contributed by atoms with Crippen molar-refractivity contribution < 1.29 is 18.3 Å². The predicted molar refractivity (Wildman–Crippen MR) is 73.6 cm³/mol. The zero-order valence-corrected chi connectivity index (χ0v) is 12.3. The molecule has 0 aliphatic heterocycles. The van der Waals surface area contributed by atoms with E-state index in [9.17, 15) is 8.78 Å². The minimum atomic E-state index is -2.49. The molecule has 0 aromatic heterocycles. The largest absolute Gasteiger partial charge is 0.496 e. The van der Waals surface area contributed by atoms with Gasteiger partial charge in [-0.2, -0.15) is 8.78 Å². The Morgan fingerprint density at radius 3 is 2.32 bits per heavy atom. The summed E-state index contributed by atoms with van der Waals surface area (Å²) in [6, 6.07) is 3.62. The highest BCUT2D eigenvalue weighted by Crippen LogP contribution is 2.38. The number of benzene rings is 1. The molecular weight excluding hydrogens is 272 g/mol. The molecule has 1 atom stereocenters. The van der Waals surface area contributed by atoms with Gasteiger partial charge < -0.3 is 14.8 Å². The fourth-order valence-electron chi connectivity index (χ4n) is 1.71. The average Bonchev–Trinajstić information content (AvgIpc) is 2.38. The van der Waals surface area contributed by atoms with Crippen molar-refractivity contribution in [3.8, 4) is 11.5 Å². The highest BCUT2D eigenvalue weighted by molar-refractivity contribution is 7.99. The Bertz CT molecular complexity index is 416. The second-order valence-electron chi connectivity index (χ2n) is 4.09. The van der Waals surface area contributed by atoms with Gasteiger partial charge in [0.25, 0.3) is 5.76 Å². The van der Waals surface area contributed by atoms with Crippen LogP contribution in [0.3, 0.4) is 0 Å². The maximum Gasteiger partial charge on any atom is 0.289 e. The summed E-state index contributed by atoms with van der Waals surface area (Å²) in [4.78, 5) is 0.384. The van der Waals surface area contributed by atoms with Crippen molar-refractivity contribution in [2.24, 2.45) is 0 Å². The summed E-state index contributed by atoms with van der Waals surface area (Å²) >= 11 is 0.459. The van der Waals surface area contributed by atoms with E-state index < -0.39 is 5.76 Å². The van der Waals surface area contributed by atoms with Crippen LogP contribution < -0.4 is 14.8 Å². The van der Waals surface area contributed by atoms with Crippen LogP contribution in [0.4, 0.5) is 8.78 Å². The molecule has 0 spiro atoms. The molecule has 0 aliphatic rings. The van der Waals surface area contributed by atoms with Crippen LogP contribution >= 0.6 is 11.8 Å². The quantitative estimate of drug-likeness (QED) is 0.782. The van der Waals surface area contributed by atoms with Crippen molar-refractivity contribution in [3.05, 3.63) is 17.7 Å². The van der Waals surface area contributed by atoms with E-state index in [1.165, 1.54) is 14.2 Å². The Morgan fingerprint density at radius 1 is 1.21 bits per heavy atom. The first-order chi connectivity index (χ1) is 9.01. The van der Waals surface area contributed by atoms with Gasteiger partial charge in [0.05, 0.1) is 19.1 Å². The lowest BCUT2D eigenvalue weighted by molar-refractivity contribution is 0.251. The van der Waals surface area contributed by atoms with Gasteiger partial charge in [0.15, 0.2) is 0 Å². The molecule has 0 radical (unpaired) electrons. The molecule has 1 aromatic carbocycles. The van der Waals surface area contributed by atoms with Crippen molar-refractivity contribution in [3.63, 3.8) is 0 Å². The minimum absolute atomic E-state index is 0.257. The first-order valence-corrected chi connectivity index (χ1v) is 6.76. The minimum Gasteiger partial charge on any atom is -0.496 e. The Labute approximate surface area is 116 Å². The second kappa shape index (κ2) is 7.55. The summed E-state index contributed by atoms with van der Waals surface area (Å²) in [5.74, 6) is -1.43. The molecule has 0 aliphatic carbocycles. The number of hydrogen-bond acceptors (Lipinski definition) is 4. The van der Waals surface area contributed by atoms with Crippen LogP contribution in [-0.2, 0) is 6.42 Å². The Hall–Kier alpha value is -1.01. The SMILES string of the molecule is CNC(C)Cc1cc(OC)c(SC(F)F)cc1OC. The molecule has 0 saturated heterocycles. The fraction of sp³-hybridized carbons (Fsp3) is 0.538. The highest BCUT2D eigenvalue weighted by Gasteiger charge is 2.16. The topological polar surface area (TPSA) is 30.5 Å². The molecular formula is C13H19F2NO2S. The van der Waals surface area contributed by atoms with Crippen molar-refractivity contribution in [1.29, 1.82) is 0 Å².